The Hall–Kier alpha value is -2.68. The maximum atomic E-state index is 12.1. The van der Waals surface area contributed by atoms with Crippen LogP contribution in [0, 0.1) is 5.92 Å². The van der Waals surface area contributed by atoms with E-state index in [4.69, 9.17) is 4.74 Å². The van der Waals surface area contributed by atoms with Gasteiger partial charge in [0.1, 0.15) is 5.75 Å². The molecule has 1 saturated carbocycles. The van der Waals surface area contributed by atoms with Crippen LogP contribution in [0.1, 0.15) is 48.0 Å². The van der Waals surface area contributed by atoms with Crippen molar-refractivity contribution < 1.29 is 14.3 Å². The Morgan fingerprint density at radius 2 is 1.56 bits per heavy atom. The highest BCUT2D eigenvalue weighted by Crippen LogP contribution is 2.25. The van der Waals surface area contributed by atoms with Gasteiger partial charge in [0.2, 0.25) is 0 Å². The predicted molar refractivity (Wildman–Crippen MR) is 98.5 cm³/mol. The van der Waals surface area contributed by atoms with Crippen LogP contribution in [0.15, 0.2) is 60.7 Å². The number of esters is 1. The minimum absolute atomic E-state index is 0.0339. The van der Waals surface area contributed by atoms with Crippen LogP contribution in [-0.2, 0) is 4.79 Å². The van der Waals surface area contributed by atoms with Gasteiger partial charge in [-0.3, -0.25) is 9.59 Å². The lowest BCUT2D eigenvalue weighted by molar-refractivity contribution is -0.139. The first-order valence-electron chi connectivity index (χ1n) is 8.81. The van der Waals surface area contributed by atoms with Gasteiger partial charge >= 0.3 is 5.97 Å². The average Bonchev–Trinajstić information content (AvgIpc) is 2.68. The summed E-state index contributed by atoms with van der Waals surface area (Å²) in [4.78, 5) is 24.2. The summed E-state index contributed by atoms with van der Waals surface area (Å²) in [5, 5.41) is 0. The van der Waals surface area contributed by atoms with Crippen molar-refractivity contribution >= 4 is 17.8 Å². The molecule has 0 saturated heterocycles. The summed E-state index contributed by atoms with van der Waals surface area (Å²) in [6.45, 7) is 0. The van der Waals surface area contributed by atoms with Gasteiger partial charge in [0.25, 0.3) is 0 Å². The van der Waals surface area contributed by atoms with Crippen molar-refractivity contribution in [2.45, 2.75) is 32.1 Å². The van der Waals surface area contributed by atoms with Gasteiger partial charge in [-0.2, -0.15) is 0 Å². The first-order valence-corrected chi connectivity index (χ1v) is 8.81. The smallest absolute Gasteiger partial charge is 0.314 e. The second-order valence-electron chi connectivity index (χ2n) is 6.39. The molecule has 128 valence electrons. The SMILES string of the molecule is O=C(C=Cc1ccc(OC(=O)C2CCCCC2)cc1)c1ccccc1. The summed E-state index contributed by atoms with van der Waals surface area (Å²) in [5.74, 6) is 0.439. The molecular formula is C22H22O3. The standard InChI is InChI=1S/C22H22O3/c23-21(18-7-3-1-4-8-18)16-13-17-11-14-20(15-12-17)25-22(24)19-9-5-2-6-10-19/h1,3-4,7-8,11-16,19H,2,5-6,9-10H2. The van der Waals surface area contributed by atoms with E-state index in [0.29, 0.717) is 11.3 Å². The summed E-state index contributed by atoms with van der Waals surface area (Å²) in [6.07, 6.45) is 8.62. The Bertz CT molecular complexity index is 739. The molecule has 1 aliphatic rings. The van der Waals surface area contributed by atoms with Crippen LogP contribution in [0.4, 0.5) is 0 Å². The van der Waals surface area contributed by atoms with Crippen LogP contribution >= 0.6 is 0 Å². The Kier molecular flexibility index (Phi) is 5.78. The lowest BCUT2D eigenvalue weighted by Crippen LogP contribution is -2.22. The third-order valence-corrected chi connectivity index (χ3v) is 4.52. The van der Waals surface area contributed by atoms with Gasteiger partial charge in [0.15, 0.2) is 5.78 Å². The Morgan fingerprint density at radius 3 is 2.24 bits per heavy atom. The molecule has 3 rings (SSSR count). The number of allylic oxidation sites excluding steroid dienone is 1. The fourth-order valence-corrected chi connectivity index (χ4v) is 3.06. The van der Waals surface area contributed by atoms with Gasteiger partial charge in [0, 0.05) is 5.56 Å². The molecular weight excluding hydrogens is 312 g/mol. The summed E-state index contributed by atoms with van der Waals surface area (Å²) in [6, 6.07) is 16.4. The molecule has 3 heteroatoms. The molecule has 0 N–H and O–H groups in total. The normalized spacial score (nSPS) is 15.2. The zero-order chi connectivity index (χ0) is 17.5. The number of carbonyl (C=O) groups excluding carboxylic acids is 2. The van der Waals surface area contributed by atoms with E-state index >= 15 is 0 Å². The third-order valence-electron chi connectivity index (χ3n) is 4.52. The van der Waals surface area contributed by atoms with Gasteiger partial charge in [-0.1, -0.05) is 67.8 Å². The molecule has 0 unspecified atom stereocenters. The van der Waals surface area contributed by atoms with Crippen molar-refractivity contribution in [3.8, 4) is 5.75 Å². The summed E-state index contributed by atoms with van der Waals surface area (Å²) in [5.41, 5.74) is 1.55. The molecule has 1 aliphatic carbocycles. The van der Waals surface area contributed by atoms with Crippen molar-refractivity contribution in [1.82, 2.24) is 0 Å². The number of ketones is 1. The third kappa shape index (κ3) is 4.90. The van der Waals surface area contributed by atoms with Crippen LogP contribution < -0.4 is 4.74 Å². The van der Waals surface area contributed by atoms with Gasteiger partial charge in [-0.05, 0) is 36.6 Å². The molecule has 0 aliphatic heterocycles. The molecule has 0 bridgehead atoms. The average molecular weight is 334 g/mol. The van der Waals surface area contributed by atoms with E-state index in [2.05, 4.69) is 0 Å². The fraction of sp³-hybridized carbons (Fsp3) is 0.273. The largest absolute Gasteiger partial charge is 0.426 e. The molecule has 0 atom stereocenters. The van der Waals surface area contributed by atoms with Crippen molar-refractivity contribution in [2.24, 2.45) is 5.92 Å². The van der Waals surface area contributed by atoms with Crippen molar-refractivity contribution in [2.75, 3.05) is 0 Å². The van der Waals surface area contributed by atoms with Crippen LogP contribution in [0.3, 0.4) is 0 Å². The maximum absolute atomic E-state index is 12.1. The van der Waals surface area contributed by atoms with Crippen LogP contribution in [0.25, 0.3) is 6.08 Å². The molecule has 3 nitrogen and oxygen atoms in total. The van der Waals surface area contributed by atoms with E-state index < -0.39 is 0 Å². The number of ether oxygens (including phenoxy) is 1. The predicted octanol–water partition coefficient (Wildman–Crippen LogP) is 5.07. The molecule has 0 aromatic heterocycles. The monoisotopic (exact) mass is 334 g/mol. The molecule has 0 spiro atoms. The van der Waals surface area contributed by atoms with E-state index in [9.17, 15) is 9.59 Å². The number of hydrogen-bond donors (Lipinski definition) is 0. The number of carbonyl (C=O) groups is 2. The molecule has 0 amide bonds. The first kappa shape index (κ1) is 17.2. The highest BCUT2D eigenvalue weighted by Gasteiger charge is 2.22. The molecule has 0 heterocycles. The Morgan fingerprint density at radius 1 is 0.880 bits per heavy atom. The van der Waals surface area contributed by atoms with Crippen molar-refractivity contribution in [3.63, 3.8) is 0 Å². The Balaban J connectivity index is 1.57. The van der Waals surface area contributed by atoms with E-state index in [-0.39, 0.29) is 17.7 Å². The van der Waals surface area contributed by atoms with Gasteiger partial charge in [-0.15, -0.1) is 0 Å². The zero-order valence-electron chi connectivity index (χ0n) is 14.2. The number of rotatable bonds is 5. The molecule has 0 radical (unpaired) electrons. The summed E-state index contributed by atoms with van der Waals surface area (Å²) >= 11 is 0. The van der Waals surface area contributed by atoms with Gasteiger partial charge < -0.3 is 4.74 Å². The number of hydrogen-bond acceptors (Lipinski definition) is 3. The molecule has 2 aromatic carbocycles. The minimum Gasteiger partial charge on any atom is -0.426 e. The highest BCUT2D eigenvalue weighted by atomic mass is 16.5. The van der Waals surface area contributed by atoms with Crippen LogP contribution in [0.2, 0.25) is 0 Å². The molecule has 25 heavy (non-hydrogen) atoms. The van der Waals surface area contributed by atoms with E-state index in [1.807, 2.05) is 30.3 Å². The topological polar surface area (TPSA) is 43.4 Å². The Labute approximate surface area is 148 Å². The lowest BCUT2D eigenvalue weighted by atomic mass is 9.89. The van der Waals surface area contributed by atoms with E-state index in [1.165, 1.54) is 6.42 Å². The van der Waals surface area contributed by atoms with Gasteiger partial charge in [0.05, 0.1) is 5.92 Å². The van der Waals surface area contributed by atoms with Crippen LogP contribution in [-0.4, -0.2) is 11.8 Å². The second kappa shape index (κ2) is 8.43. The quantitative estimate of drug-likeness (QED) is 0.332. The van der Waals surface area contributed by atoms with Crippen molar-refractivity contribution in [3.05, 3.63) is 71.8 Å². The van der Waals surface area contributed by atoms with Crippen molar-refractivity contribution in [1.29, 1.82) is 0 Å². The van der Waals surface area contributed by atoms with E-state index in [0.717, 1.165) is 31.2 Å². The fourth-order valence-electron chi connectivity index (χ4n) is 3.06. The van der Waals surface area contributed by atoms with Crippen LogP contribution in [0.5, 0.6) is 5.75 Å². The second-order valence-corrected chi connectivity index (χ2v) is 6.39. The lowest BCUT2D eigenvalue weighted by Gasteiger charge is -2.19. The minimum atomic E-state index is -0.123. The zero-order valence-corrected chi connectivity index (χ0v) is 14.2. The summed E-state index contributed by atoms with van der Waals surface area (Å²) in [7, 11) is 0. The molecule has 1 fully saturated rings. The molecule has 2 aromatic rings. The van der Waals surface area contributed by atoms with E-state index in [1.54, 1.807) is 36.4 Å². The maximum Gasteiger partial charge on any atom is 0.314 e. The summed E-state index contributed by atoms with van der Waals surface area (Å²) < 4.78 is 5.47. The highest BCUT2D eigenvalue weighted by molar-refractivity contribution is 6.06. The van der Waals surface area contributed by atoms with Gasteiger partial charge in [-0.25, -0.2) is 0 Å². The number of benzene rings is 2. The first-order chi connectivity index (χ1) is 12.2.